The first-order chi connectivity index (χ1) is 6.65. The molecule has 0 bridgehead atoms. The highest BCUT2D eigenvalue weighted by Gasteiger charge is 2.07. The Morgan fingerprint density at radius 1 is 1.50 bits per heavy atom. The van der Waals surface area contributed by atoms with E-state index in [0.717, 1.165) is 0 Å². The minimum Gasteiger partial charge on any atom is -0.480 e. The quantitative estimate of drug-likeness (QED) is 0.796. The van der Waals surface area contributed by atoms with Crippen LogP contribution in [0.1, 0.15) is 5.56 Å². The largest absolute Gasteiger partial charge is 0.480 e. The number of aliphatic carboxylic acids is 1. The molecule has 0 saturated carbocycles. The monoisotopic (exact) mass is 216 g/mol. The number of carbonyl (C=O) groups is 1. The van der Waals surface area contributed by atoms with Crippen molar-refractivity contribution in [3.8, 4) is 5.75 Å². The summed E-state index contributed by atoms with van der Waals surface area (Å²) in [5.41, 5.74) is 0.509. The molecule has 0 aliphatic heterocycles. The lowest BCUT2D eigenvalue weighted by atomic mass is 10.2. The van der Waals surface area contributed by atoms with E-state index in [1.807, 2.05) is 0 Å². The predicted octanol–water partition coefficient (Wildman–Crippen LogP) is 1.30. The van der Waals surface area contributed by atoms with E-state index in [9.17, 15) is 4.79 Å². The van der Waals surface area contributed by atoms with Gasteiger partial charge in [-0.1, -0.05) is 23.7 Å². The van der Waals surface area contributed by atoms with E-state index in [-0.39, 0.29) is 17.4 Å². The van der Waals surface area contributed by atoms with Gasteiger partial charge in [0.25, 0.3) is 0 Å². The van der Waals surface area contributed by atoms with Crippen molar-refractivity contribution in [3.05, 3.63) is 28.8 Å². The first-order valence-electron chi connectivity index (χ1n) is 3.88. The second-order valence-electron chi connectivity index (χ2n) is 2.57. The van der Waals surface area contributed by atoms with E-state index in [1.54, 1.807) is 18.2 Å². The predicted molar refractivity (Wildman–Crippen MR) is 50.5 cm³/mol. The molecule has 0 aliphatic carbocycles. The summed E-state index contributed by atoms with van der Waals surface area (Å²) in [6, 6.07) is 4.81. The fourth-order valence-corrected chi connectivity index (χ4v) is 1.17. The number of carboxylic acid groups (broad SMARTS) is 1. The Morgan fingerprint density at radius 3 is 2.79 bits per heavy atom. The zero-order chi connectivity index (χ0) is 10.6. The fourth-order valence-electron chi connectivity index (χ4n) is 0.929. The molecule has 0 atom stereocenters. The van der Waals surface area contributed by atoms with Gasteiger partial charge in [-0.2, -0.15) is 0 Å². The van der Waals surface area contributed by atoms with E-state index < -0.39 is 12.6 Å². The summed E-state index contributed by atoms with van der Waals surface area (Å²) in [4.78, 5) is 10.2. The van der Waals surface area contributed by atoms with Crippen molar-refractivity contribution >= 4 is 17.6 Å². The van der Waals surface area contributed by atoms with Crippen LogP contribution in [0.15, 0.2) is 18.2 Å². The van der Waals surface area contributed by atoms with Gasteiger partial charge in [-0.05, 0) is 11.6 Å². The van der Waals surface area contributed by atoms with Crippen molar-refractivity contribution in [1.29, 1.82) is 0 Å². The first kappa shape index (κ1) is 10.8. The number of hydrogen-bond donors (Lipinski definition) is 2. The Labute approximate surface area is 85.7 Å². The van der Waals surface area contributed by atoms with Gasteiger partial charge in [0.05, 0.1) is 11.6 Å². The van der Waals surface area contributed by atoms with E-state index in [4.69, 9.17) is 26.6 Å². The van der Waals surface area contributed by atoms with Gasteiger partial charge in [0, 0.05) is 0 Å². The number of ether oxygens (including phenoxy) is 1. The number of halogens is 1. The second-order valence-corrected chi connectivity index (χ2v) is 2.95. The molecular weight excluding hydrogens is 208 g/mol. The van der Waals surface area contributed by atoms with Crippen LogP contribution in [0.5, 0.6) is 5.75 Å². The zero-order valence-corrected chi connectivity index (χ0v) is 7.99. The topological polar surface area (TPSA) is 66.8 Å². The van der Waals surface area contributed by atoms with Crippen molar-refractivity contribution < 1.29 is 19.7 Å². The van der Waals surface area contributed by atoms with Gasteiger partial charge in [0.1, 0.15) is 5.75 Å². The average molecular weight is 217 g/mol. The molecule has 0 heterocycles. The van der Waals surface area contributed by atoms with Crippen LogP contribution in [0.3, 0.4) is 0 Å². The summed E-state index contributed by atoms with van der Waals surface area (Å²) in [6.45, 7) is -0.655. The van der Waals surface area contributed by atoms with E-state index in [0.29, 0.717) is 5.56 Å². The van der Waals surface area contributed by atoms with Crippen LogP contribution in [0.25, 0.3) is 0 Å². The van der Waals surface area contributed by atoms with Crippen LogP contribution < -0.4 is 4.74 Å². The lowest BCUT2D eigenvalue weighted by Crippen LogP contribution is -2.09. The smallest absolute Gasteiger partial charge is 0.341 e. The Hall–Kier alpha value is -1.26. The van der Waals surface area contributed by atoms with Crippen LogP contribution in [0.2, 0.25) is 5.02 Å². The molecule has 0 unspecified atom stereocenters. The van der Waals surface area contributed by atoms with Crippen molar-refractivity contribution in [2.75, 3.05) is 6.61 Å². The van der Waals surface area contributed by atoms with Crippen LogP contribution in [-0.4, -0.2) is 22.8 Å². The van der Waals surface area contributed by atoms with Crippen molar-refractivity contribution in [1.82, 2.24) is 0 Å². The van der Waals surface area contributed by atoms with Gasteiger partial charge in [-0.25, -0.2) is 4.79 Å². The Balaban J connectivity index is 2.81. The van der Waals surface area contributed by atoms with Crippen molar-refractivity contribution in [3.63, 3.8) is 0 Å². The molecule has 0 spiro atoms. The molecule has 4 nitrogen and oxygen atoms in total. The summed E-state index contributed by atoms with van der Waals surface area (Å²) < 4.78 is 4.90. The summed E-state index contributed by atoms with van der Waals surface area (Å²) in [6.07, 6.45) is 0. The molecule has 2 N–H and O–H groups in total. The number of aliphatic hydroxyl groups excluding tert-OH is 1. The van der Waals surface area contributed by atoms with Gasteiger partial charge < -0.3 is 14.9 Å². The molecular formula is C9H9ClO4. The van der Waals surface area contributed by atoms with Crippen LogP contribution in [-0.2, 0) is 11.4 Å². The van der Waals surface area contributed by atoms with Crippen molar-refractivity contribution in [2.24, 2.45) is 0 Å². The molecule has 14 heavy (non-hydrogen) atoms. The number of carboxylic acids is 1. The lowest BCUT2D eigenvalue weighted by Gasteiger charge is -2.07. The average Bonchev–Trinajstić information content (AvgIpc) is 2.16. The zero-order valence-electron chi connectivity index (χ0n) is 7.24. The molecule has 0 aliphatic rings. The first-order valence-corrected chi connectivity index (χ1v) is 4.25. The third-order valence-corrected chi connectivity index (χ3v) is 1.99. The molecule has 1 aromatic rings. The summed E-state index contributed by atoms with van der Waals surface area (Å²) in [5.74, 6) is -0.809. The van der Waals surface area contributed by atoms with Crippen molar-refractivity contribution in [2.45, 2.75) is 6.61 Å². The van der Waals surface area contributed by atoms with E-state index in [1.165, 1.54) is 0 Å². The maximum atomic E-state index is 10.2. The standard InChI is InChI=1S/C9H9ClO4/c10-9-6(4-11)2-1-3-7(9)14-5-8(12)13/h1-3,11H,4-5H2,(H,12,13). The number of rotatable bonds is 4. The molecule has 0 fully saturated rings. The SMILES string of the molecule is O=C(O)COc1cccc(CO)c1Cl. The number of benzene rings is 1. The van der Waals surface area contributed by atoms with Gasteiger partial charge >= 0.3 is 5.97 Å². The molecule has 0 amide bonds. The lowest BCUT2D eigenvalue weighted by molar-refractivity contribution is -0.139. The van der Waals surface area contributed by atoms with Gasteiger partial charge in [0.15, 0.2) is 6.61 Å². The minimum atomic E-state index is -1.07. The molecule has 5 heteroatoms. The summed E-state index contributed by atoms with van der Waals surface area (Å²) in [5, 5.41) is 17.5. The molecule has 76 valence electrons. The Bertz CT molecular complexity index is 338. The highest BCUT2D eigenvalue weighted by Crippen LogP contribution is 2.27. The number of aliphatic hydroxyl groups is 1. The Kier molecular flexibility index (Phi) is 3.73. The van der Waals surface area contributed by atoms with Gasteiger partial charge in [0.2, 0.25) is 0 Å². The van der Waals surface area contributed by atoms with Gasteiger partial charge in [-0.15, -0.1) is 0 Å². The van der Waals surface area contributed by atoms with Crippen LogP contribution >= 0.6 is 11.6 Å². The third kappa shape index (κ3) is 2.61. The fraction of sp³-hybridized carbons (Fsp3) is 0.222. The molecule has 1 rings (SSSR count). The summed E-state index contributed by atoms with van der Waals surface area (Å²) >= 11 is 5.81. The minimum absolute atomic E-state index is 0.205. The molecule has 0 aromatic heterocycles. The third-order valence-electron chi connectivity index (χ3n) is 1.56. The van der Waals surface area contributed by atoms with Crippen LogP contribution in [0, 0.1) is 0 Å². The molecule has 0 saturated heterocycles. The van der Waals surface area contributed by atoms with E-state index in [2.05, 4.69) is 0 Å². The highest BCUT2D eigenvalue weighted by molar-refractivity contribution is 6.32. The maximum absolute atomic E-state index is 10.2. The second kappa shape index (κ2) is 4.83. The molecule has 1 aromatic carbocycles. The van der Waals surface area contributed by atoms with Gasteiger partial charge in [-0.3, -0.25) is 0 Å². The Morgan fingerprint density at radius 2 is 2.21 bits per heavy atom. The highest BCUT2D eigenvalue weighted by atomic mass is 35.5. The normalized spacial score (nSPS) is 9.86. The summed E-state index contributed by atoms with van der Waals surface area (Å²) in [7, 11) is 0. The maximum Gasteiger partial charge on any atom is 0.341 e. The number of hydrogen-bond acceptors (Lipinski definition) is 3. The van der Waals surface area contributed by atoms with E-state index >= 15 is 0 Å². The van der Waals surface area contributed by atoms with Crippen LogP contribution in [0.4, 0.5) is 0 Å². The molecule has 0 radical (unpaired) electrons.